The smallest absolute Gasteiger partial charge is 0.0931 e. The average molecular weight is 246 g/mol. The first-order valence-electron chi connectivity index (χ1n) is 6.39. The van der Waals surface area contributed by atoms with Crippen LogP contribution in [0.25, 0.3) is 11.0 Å². The summed E-state index contributed by atoms with van der Waals surface area (Å²) in [5, 5.41) is 3.44. The highest BCUT2D eigenvalue weighted by atomic mass is 16.5. The molecule has 2 N–H and O–H groups in total. The second-order valence-corrected chi connectivity index (χ2v) is 4.52. The van der Waals surface area contributed by atoms with Crippen LogP contribution in [-0.2, 0) is 4.74 Å². The number of aromatic nitrogens is 2. The number of anilines is 1. The van der Waals surface area contributed by atoms with Gasteiger partial charge in [0.05, 0.1) is 30.6 Å². The fraction of sp³-hybridized carbons (Fsp3) is 0.462. The van der Waals surface area contributed by atoms with E-state index < -0.39 is 0 Å². The van der Waals surface area contributed by atoms with Crippen LogP contribution in [0.2, 0.25) is 0 Å². The number of hydrogen-bond donors (Lipinski definition) is 2. The predicted molar refractivity (Wildman–Crippen MR) is 71.8 cm³/mol. The lowest BCUT2D eigenvalue weighted by molar-refractivity contribution is 0.0398. The molecule has 0 bridgehead atoms. The SMILES string of the molecule is c1nc2ccc(NCCN3CCOCC3)cc2[nH]1. The van der Waals surface area contributed by atoms with E-state index in [1.807, 2.05) is 6.07 Å². The van der Waals surface area contributed by atoms with Gasteiger partial charge >= 0.3 is 0 Å². The normalized spacial score (nSPS) is 17.1. The van der Waals surface area contributed by atoms with Gasteiger partial charge in [0.1, 0.15) is 0 Å². The Morgan fingerprint density at radius 1 is 1.33 bits per heavy atom. The predicted octanol–water partition coefficient (Wildman–Crippen LogP) is 1.31. The van der Waals surface area contributed by atoms with Gasteiger partial charge in [-0.3, -0.25) is 4.90 Å². The number of fused-ring (bicyclic) bond motifs is 1. The van der Waals surface area contributed by atoms with Gasteiger partial charge in [-0.15, -0.1) is 0 Å². The summed E-state index contributed by atoms with van der Waals surface area (Å²) in [4.78, 5) is 9.75. The quantitative estimate of drug-likeness (QED) is 0.854. The molecule has 2 heterocycles. The van der Waals surface area contributed by atoms with E-state index in [4.69, 9.17) is 4.74 Å². The minimum absolute atomic E-state index is 0.861. The molecule has 0 atom stereocenters. The maximum Gasteiger partial charge on any atom is 0.0931 e. The number of imidazole rings is 1. The molecule has 0 aliphatic carbocycles. The summed E-state index contributed by atoms with van der Waals surface area (Å²) in [5.74, 6) is 0. The lowest BCUT2D eigenvalue weighted by atomic mass is 10.2. The van der Waals surface area contributed by atoms with Gasteiger partial charge < -0.3 is 15.0 Å². The summed E-state index contributed by atoms with van der Waals surface area (Å²) in [7, 11) is 0. The van der Waals surface area contributed by atoms with Crippen LogP contribution in [0.4, 0.5) is 5.69 Å². The fourth-order valence-corrected chi connectivity index (χ4v) is 2.23. The monoisotopic (exact) mass is 246 g/mol. The molecule has 18 heavy (non-hydrogen) atoms. The highest BCUT2D eigenvalue weighted by Crippen LogP contribution is 2.15. The first-order chi connectivity index (χ1) is 8.92. The van der Waals surface area contributed by atoms with E-state index in [-0.39, 0.29) is 0 Å². The van der Waals surface area contributed by atoms with Crippen molar-refractivity contribution in [1.29, 1.82) is 0 Å². The molecule has 1 aliphatic rings. The third kappa shape index (κ3) is 2.63. The number of ether oxygens (including phenoxy) is 1. The third-order valence-electron chi connectivity index (χ3n) is 3.28. The minimum Gasteiger partial charge on any atom is -0.384 e. The van der Waals surface area contributed by atoms with Crippen molar-refractivity contribution in [1.82, 2.24) is 14.9 Å². The summed E-state index contributed by atoms with van der Waals surface area (Å²) in [6.45, 7) is 5.83. The summed E-state index contributed by atoms with van der Waals surface area (Å²) in [6, 6.07) is 6.20. The second kappa shape index (κ2) is 5.37. The molecule has 2 aromatic rings. The van der Waals surface area contributed by atoms with Gasteiger partial charge in [0.25, 0.3) is 0 Å². The van der Waals surface area contributed by atoms with Gasteiger partial charge in [0.2, 0.25) is 0 Å². The zero-order valence-corrected chi connectivity index (χ0v) is 10.4. The fourth-order valence-electron chi connectivity index (χ4n) is 2.23. The molecule has 5 nitrogen and oxygen atoms in total. The summed E-state index contributed by atoms with van der Waals surface area (Å²) < 4.78 is 5.33. The second-order valence-electron chi connectivity index (χ2n) is 4.52. The van der Waals surface area contributed by atoms with Crippen molar-refractivity contribution in [2.45, 2.75) is 0 Å². The van der Waals surface area contributed by atoms with E-state index in [1.54, 1.807) is 6.33 Å². The Morgan fingerprint density at radius 2 is 2.22 bits per heavy atom. The van der Waals surface area contributed by atoms with E-state index in [9.17, 15) is 0 Å². The average Bonchev–Trinajstić information content (AvgIpc) is 2.87. The largest absolute Gasteiger partial charge is 0.384 e. The van der Waals surface area contributed by atoms with Crippen molar-refractivity contribution in [3.8, 4) is 0 Å². The highest BCUT2D eigenvalue weighted by molar-refractivity contribution is 5.78. The maximum atomic E-state index is 5.33. The number of nitrogens with zero attached hydrogens (tertiary/aromatic N) is 2. The molecule has 1 aromatic carbocycles. The van der Waals surface area contributed by atoms with Crippen LogP contribution >= 0.6 is 0 Å². The first-order valence-corrected chi connectivity index (χ1v) is 6.39. The van der Waals surface area contributed by atoms with Crippen molar-refractivity contribution < 1.29 is 4.74 Å². The molecule has 1 saturated heterocycles. The third-order valence-corrected chi connectivity index (χ3v) is 3.28. The van der Waals surface area contributed by atoms with Gasteiger partial charge in [-0.25, -0.2) is 4.98 Å². The molecule has 0 saturated carbocycles. The molecular weight excluding hydrogens is 228 g/mol. The standard InChI is InChI=1S/C13H18N4O/c1-2-12-13(16-10-15-12)9-11(1)14-3-4-17-5-7-18-8-6-17/h1-2,9-10,14H,3-8H2,(H,15,16). The number of H-pyrrole nitrogens is 1. The molecule has 5 heteroatoms. The first kappa shape index (κ1) is 11.5. The maximum absolute atomic E-state index is 5.33. The lowest BCUT2D eigenvalue weighted by Gasteiger charge is -2.26. The van der Waals surface area contributed by atoms with Crippen molar-refractivity contribution in [2.75, 3.05) is 44.7 Å². The number of benzene rings is 1. The Bertz CT molecular complexity index is 504. The van der Waals surface area contributed by atoms with Gasteiger partial charge in [0, 0.05) is 31.9 Å². The van der Waals surface area contributed by atoms with Crippen LogP contribution in [0.3, 0.4) is 0 Å². The number of rotatable bonds is 4. The summed E-state index contributed by atoms with van der Waals surface area (Å²) >= 11 is 0. The number of hydrogen-bond acceptors (Lipinski definition) is 4. The summed E-state index contributed by atoms with van der Waals surface area (Å²) in [5.41, 5.74) is 3.22. The van der Waals surface area contributed by atoms with Gasteiger partial charge in [0.15, 0.2) is 0 Å². The molecule has 3 rings (SSSR count). The summed E-state index contributed by atoms with van der Waals surface area (Å²) in [6.07, 6.45) is 1.72. The highest BCUT2D eigenvalue weighted by Gasteiger charge is 2.09. The Labute approximate surface area is 106 Å². The Morgan fingerprint density at radius 3 is 3.11 bits per heavy atom. The molecular formula is C13H18N4O. The number of morpholine rings is 1. The molecule has 1 fully saturated rings. The van der Waals surface area contributed by atoms with Gasteiger partial charge in [-0.05, 0) is 18.2 Å². The van der Waals surface area contributed by atoms with Crippen molar-refractivity contribution in [3.63, 3.8) is 0 Å². The van der Waals surface area contributed by atoms with Gasteiger partial charge in [-0.1, -0.05) is 0 Å². The molecule has 1 aromatic heterocycles. The van der Waals surface area contributed by atoms with E-state index in [2.05, 4.69) is 32.3 Å². The molecule has 96 valence electrons. The van der Waals surface area contributed by atoms with Crippen LogP contribution in [0.5, 0.6) is 0 Å². The number of nitrogens with one attached hydrogen (secondary N) is 2. The van der Waals surface area contributed by atoms with E-state index >= 15 is 0 Å². The Balaban J connectivity index is 1.52. The lowest BCUT2D eigenvalue weighted by Crippen LogP contribution is -2.38. The van der Waals surface area contributed by atoms with Crippen LogP contribution in [-0.4, -0.2) is 54.3 Å². The Hall–Kier alpha value is -1.59. The van der Waals surface area contributed by atoms with Crippen LogP contribution in [0.15, 0.2) is 24.5 Å². The topological polar surface area (TPSA) is 53.2 Å². The van der Waals surface area contributed by atoms with E-state index in [0.717, 1.165) is 56.1 Å². The van der Waals surface area contributed by atoms with Crippen LogP contribution < -0.4 is 5.32 Å². The van der Waals surface area contributed by atoms with Crippen LogP contribution in [0, 0.1) is 0 Å². The van der Waals surface area contributed by atoms with Crippen molar-refractivity contribution in [3.05, 3.63) is 24.5 Å². The molecule has 0 amide bonds. The zero-order valence-electron chi connectivity index (χ0n) is 10.4. The minimum atomic E-state index is 0.861. The zero-order chi connectivity index (χ0) is 12.2. The number of aromatic amines is 1. The molecule has 0 unspecified atom stereocenters. The van der Waals surface area contributed by atoms with Crippen molar-refractivity contribution in [2.24, 2.45) is 0 Å². The molecule has 0 radical (unpaired) electrons. The van der Waals surface area contributed by atoms with Crippen molar-refractivity contribution >= 4 is 16.7 Å². The molecule has 1 aliphatic heterocycles. The van der Waals surface area contributed by atoms with Crippen LogP contribution in [0.1, 0.15) is 0 Å². The van der Waals surface area contributed by atoms with E-state index in [0.29, 0.717) is 0 Å². The van der Waals surface area contributed by atoms with E-state index in [1.165, 1.54) is 0 Å². The molecule has 0 spiro atoms. The van der Waals surface area contributed by atoms with Gasteiger partial charge in [-0.2, -0.15) is 0 Å². The Kier molecular flexibility index (Phi) is 3.43.